The number of aromatic nitrogens is 4. The molecular weight excluding hydrogens is 356 g/mol. The molecule has 24 heavy (non-hydrogen) atoms. The minimum atomic E-state index is -2.22. The van der Waals surface area contributed by atoms with Crippen LogP contribution in [0, 0.1) is 12.3 Å². The third kappa shape index (κ3) is 2.99. The molecule has 1 aliphatic heterocycles. The average Bonchev–Trinajstić information content (AvgIpc) is 3.04. The van der Waals surface area contributed by atoms with Crippen LogP contribution in [0.1, 0.15) is 17.6 Å². The van der Waals surface area contributed by atoms with Crippen molar-refractivity contribution in [2.24, 2.45) is 0 Å². The van der Waals surface area contributed by atoms with Crippen LogP contribution in [0.25, 0.3) is 11.2 Å². The van der Waals surface area contributed by atoms with E-state index in [9.17, 15) is 13.6 Å². The zero-order chi connectivity index (χ0) is 17.3. The maximum atomic E-state index is 11.9. The van der Waals surface area contributed by atoms with Crippen molar-refractivity contribution >= 4 is 39.9 Å². The molecule has 2 atom stereocenters. The number of piperazine rings is 1. The topological polar surface area (TPSA) is 115 Å². The number of nitrogens with one attached hydrogen (secondary N) is 1. The number of hydrogen-bond acceptors (Lipinski definition) is 5. The van der Waals surface area contributed by atoms with Gasteiger partial charge in [0.2, 0.25) is 17.2 Å². The SMILES string of the molecule is C#Cc1ncnc2nc(C3CN(C(=O)CCl)CCN3S(=O)O)[nH]c12. The summed E-state index contributed by atoms with van der Waals surface area (Å²) >= 11 is 3.39. The number of carbonyl (C=O) groups excluding carboxylic acids is 1. The molecule has 0 radical (unpaired) electrons. The summed E-state index contributed by atoms with van der Waals surface area (Å²) in [7, 11) is 0. The normalized spacial score (nSPS) is 20.0. The molecule has 126 valence electrons. The Bertz CT molecular complexity index is 850. The van der Waals surface area contributed by atoms with Crippen molar-refractivity contribution in [1.29, 1.82) is 0 Å². The number of halogens is 1. The van der Waals surface area contributed by atoms with Crippen LogP contribution in [-0.4, -0.2) is 69.3 Å². The van der Waals surface area contributed by atoms with Crippen LogP contribution in [0.2, 0.25) is 0 Å². The van der Waals surface area contributed by atoms with Gasteiger partial charge in [0.25, 0.3) is 0 Å². The number of aromatic amines is 1. The Hall–Kier alpha value is -2.06. The molecule has 0 aliphatic carbocycles. The highest BCUT2D eigenvalue weighted by molar-refractivity contribution is 7.76. The van der Waals surface area contributed by atoms with Crippen molar-refractivity contribution in [2.45, 2.75) is 6.04 Å². The van der Waals surface area contributed by atoms with E-state index >= 15 is 0 Å². The van der Waals surface area contributed by atoms with Gasteiger partial charge in [0, 0.05) is 19.6 Å². The molecule has 11 heteroatoms. The van der Waals surface area contributed by atoms with Gasteiger partial charge in [-0.3, -0.25) is 9.35 Å². The monoisotopic (exact) mass is 368 g/mol. The number of fused-ring (bicyclic) bond motifs is 1. The van der Waals surface area contributed by atoms with Gasteiger partial charge < -0.3 is 9.88 Å². The van der Waals surface area contributed by atoms with Crippen molar-refractivity contribution in [3.8, 4) is 12.3 Å². The largest absolute Gasteiger partial charge is 0.338 e. The highest BCUT2D eigenvalue weighted by Gasteiger charge is 2.35. The zero-order valence-corrected chi connectivity index (χ0v) is 13.9. The first kappa shape index (κ1) is 16.8. The van der Waals surface area contributed by atoms with Gasteiger partial charge in [-0.1, -0.05) is 0 Å². The number of terminal acetylenes is 1. The summed E-state index contributed by atoms with van der Waals surface area (Å²) in [5.74, 6) is 2.42. The lowest BCUT2D eigenvalue weighted by Gasteiger charge is -2.37. The van der Waals surface area contributed by atoms with Crippen LogP contribution >= 0.6 is 11.6 Å². The minimum absolute atomic E-state index is 0.151. The quantitative estimate of drug-likeness (QED) is 0.444. The fourth-order valence-electron chi connectivity index (χ4n) is 2.60. The van der Waals surface area contributed by atoms with E-state index in [1.54, 1.807) is 0 Å². The second-order valence-electron chi connectivity index (χ2n) is 5.05. The van der Waals surface area contributed by atoms with Gasteiger partial charge >= 0.3 is 0 Å². The van der Waals surface area contributed by atoms with Crippen LogP contribution in [0.5, 0.6) is 0 Å². The van der Waals surface area contributed by atoms with Crippen LogP contribution in [0.15, 0.2) is 6.33 Å². The van der Waals surface area contributed by atoms with E-state index in [2.05, 4.69) is 25.9 Å². The van der Waals surface area contributed by atoms with Gasteiger partial charge in [-0.15, -0.1) is 18.0 Å². The van der Waals surface area contributed by atoms with Crippen molar-refractivity contribution < 1.29 is 13.6 Å². The van der Waals surface area contributed by atoms with Crippen molar-refractivity contribution in [2.75, 3.05) is 25.5 Å². The fourth-order valence-corrected chi connectivity index (χ4v) is 3.39. The van der Waals surface area contributed by atoms with E-state index in [4.69, 9.17) is 18.0 Å². The first-order chi connectivity index (χ1) is 11.5. The highest BCUT2D eigenvalue weighted by atomic mass is 35.5. The van der Waals surface area contributed by atoms with Crippen LogP contribution in [0.4, 0.5) is 0 Å². The van der Waals surface area contributed by atoms with Gasteiger partial charge in [-0.05, 0) is 5.92 Å². The van der Waals surface area contributed by atoms with Gasteiger partial charge in [-0.25, -0.2) is 19.2 Å². The Balaban J connectivity index is 2.01. The number of amides is 1. The lowest BCUT2D eigenvalue weighted by Crippen LogP contribution is -2.51. The predicted molar refractivity (Wildman–Crippen MR) is 87.1 cm³/mol. The second kappa shape index (κ2) is 6.82. The lowest BCUT2D eigenvalue weighted by atomic mass is 10.2. The number of rotatable bonds is 3. The summed E-state index contributed by atoms with van der Waals surface area (Å²) in [6.45, 7) is 0.696. The van der Waals surface area contributed by atoms with Crippen molar-refractivity contribution in [3.63, 3.8) is 0 Å². The molecule has 3 rings (SSSR count). The third-order valence-electron chi connectivity index (χ3n) is 3.76. The molecule has 3 heterocycles. The van der Waals surface area contributed by atoms with Crippen molar-refractivity contribution in [3.05, 3.63) is 17.8 Å². The molecule has 1 aliphatic rings. The summed E-state index contributed by atoms with van der Waals surface area (Å²) in [6.07, 6.45) is 6.70. The maximum absolute atomic E-state index is 11.9. The molecule has 2 aromatic heterocycles. The molecule has 0 bridgehead atoms. The fraction of sp³-hybridized carbons (Fsp3) is 0.385. The van der Waals surface area contributed by atoms with Gasteiger partial charge in [-0.2, -0.15) is 4.31 Å². The second-order valence-corrected chi connectivity index (χ2v) is 6.25. The summed E-state index contributed by atoms with van der Waals surface area (Å²) in [6, 6.07) is -0.614. The van der Waals surface area contributed by atoms with E-state index in [1.807, 2.05) is 0 Å². The Labute approximate surface area is 144 Å². The Morgan fingerprint density at radius 3 is 3.00 bits per heavy atom. The number of hydrogen-bond donors (Lipinski definition) is 2. The number of imidazole rings is 1. The Kier molecular flexibility index (Phi) is 4.77. The maximum Gasteiger partial charge on any atom is 0.237 e. The number of nitrogens with zero attached hydrogens (tertiary/aromatic N) is 5. The summed E-state index contributed by atoms with van der Waals surface area (Å²) in [5, 5.41) is 0. The number of H-pyrrole nitrogens is 1. The highest BCUT2D eigenvalue weighted by Crippen LogP contribution is 2.26. The molecular formula is C13H13ClN6O3S. The molecule has 1 fully saturated rings. The molecule has 0 aromatic carbocycles. The minimum Gasteiger partial charge on any atom is -0.338 e. The van der Waals surface area contributed by atoms with E-state index in [-0.39, 0.29) is 24.9 Å². The van der Waals surface area contributed by atoms with Crippen LogP contribution in [0.3, 0.4) is 0 Å². The van der Waals surface area contributed by atoms with Crippen LogP contribution < -0.4 is 0 Å². The molecule has 9 nitrogen and oxygen atoms in total. The Morgan fingerprint density at radius 1 is 1.54 bits per heavy atom. The smallest absolute Gasteiger partial charge is 0.237 e. The third-order valence-corrected chi connectivity index (χ3v) is 4.82. The molecule has 2 unspecified atom stereocenters. The summed E-state index contributed by atoms with van der Waals surface area (Å²) < 4.78 is 22.5. The van der Waals surface area contributed by atoms with E-state index in [0.29, 0.717) is 29.2 Å². The van der Waals surface area contributed by atoms with E-state index in [1.165, 1.54) is 15.5 Å². The molecule has 0 spiro atoms. The standard InChI is InChI=1S/C13H13ClN6O3S/c1-2-8-11-13(16-7-15-8)18-12(17-11)9-6-19(10(21)5-14)3-4-20(9)24(22)23/h1,7,9H,3-6H2,(H,22,23)(H,15,16,17,18). The van der Waals surface area contributed by atoms with Gasteiger partial charge in [0.1, 0.15) is 35.3 Å². The summed E-state index contributed by atoms with van der Waals surface area (Å²) in [4.78, 5) is 28.7. The van der Waals surface area contributed by atoms with E-state index in [0.717, 1.165) is 0 Å². The predicted octanol–water partition coefficient (Wildman–Crippen LogP) is -0.105. The first-order valence-electron chi connectivity index (χ1n) is 6.93. The number of alkyl halides is 1. The molecule has 2 aromatic rings. The zero-order valence-electron chi connectivity index (χ0n) is 12.3. The molecule has 0 saturated carbocycles. The van der Waals surface area contributed by atoms with Crippen molar-refractivity contribution in [1.82, 2.24) is 29.1 Å². The molecule has 1 amide bonds. The van der Waals surface area contributed by atoms with Gasteiger partial charge in [0.15, 0.2) is 5.65 Å². The van der Waals surface area contributed by atoms with Crippen LogP contribution in [-0.2, 0) is 16.1 Å². The van der Waals surface area contributed by atoms with Gasteiger partial charge in [0.05, 0.1) is 0 Å². The lowest BCUT2D eigenvalue weighted by molar-refractivity contribution is -0.130. The Morgan fingerprint density at radius 2 is 2.33 bits per heavy atom. The summed E-state index contributed by atoms with van der Waals surface area (Å²) in [5.41, 5.74) is 1.18. The first-order valence-corrected chi connectivity index (χ1v) is 8.53. The number of carbonyl (C=O) groups is 1. The molecule has 2 N–H and O–H groups in total. The van der Waals surface area contributed by atoms with E-state index < -0.39 is 17.3 Å². The molecule has 1 saturated heterocycles. The average molecular weight is 369 g/mol.